The van der Waals surface area contributed by atoms with Gasteiger partial charge in [-0.25, -0.2) is 0 Å². The molecule has 0 saturated heterocycles. The van der Waals surface area contributed by atoms with E-state index in [0.29, 0.717) is 0 Å². The number of carbonyl (C=O) groups excluding carboxylic acids is 1. The fourth-order valence-electron chi connectivity index (χ4n) is 0.660. The van der Waals surface area contributed by atoms with E-state index in [9.17, 15) is 4.79 Å². The number of nitriles is 1. The first-order valence-electron chi connectivity index (χ1n) is 2.62. The second kappa shape index (κ2) is 2.23. The zero-order chi connectivity index (χ0) is 7.56. The Bertz CT molecular complexity index is 294. The SMILES string of the molecule is N#Cc1c[nH]cc1C(N)=O. The third-order valence-electron chi connectivity index (χ3n) is 1.13. The highest BCUT2D eigenvalue weighted by molar-refractivity contribution is 5.95. The van der Waals surface area contributed by atoms with Gasteiger partial charge in [0.05, 0.1) is 11.1 Å². The topological polar surface area (TPSA) is 82.7 Å². The number of rotatable bonds is 1. The number of hydrogen-bond donors (Lipinski definition) is 2. The van der Waals surface area contributed by atoms with E-state index < -0.39 is 5.91 Å². The van der Waals surface area contributed by atoms with E-state index in [2.05, 4.69) is 4.98 Å². The second-order valence-corrected chi connectivity index (χ2v) is 1.76. The number of carbonyl (C=O) groups is 1. The fourth-order valence-corrected chi connectivity index (χ4v) is 0.660. The van der Waals surface area contributed by atoms with E-state index in [1.807, 2.05) is 6.07 Å². The molecular weight excluding hydrogens is 130 g/mol. The summed E-state index contributed by atoms with van der Waals surface area (Å²) in [6, 6.07) is 1.82. The molecule has 0 aliphatic carbocycles. The minimum Gasteiger partial charge on any atom is -0.366 e. The lowest BCUT2D eigenvalue weighted by Crippen LogP contribution is -2.10. The van der Waals surface area contributed by atoms with Crippen LogP contribution in [0.2, 0.25) is 0 Å². The number of nitrogens with two attached hydrogens (primary N) is 1. The van der Waals surface area contributed by atoms with E-state index in [4.69, 9.17) is 11.0 Å². The molecule has 0 atom stereocenters. The maximum Gasteiger partial charge on any atom is 0.251 e. The summed E-state index contributed by atoms with van der Waals surface area (Å²) in [4.78, 5) is 13.1. The number of nitrogens with zero attached hydrogens (tertiary/aromatic N) is 1. The van der Waals surface area contributed by atoms with Gasteiger partial charge in [-0.1, -0.05) is 0 Å². The lowest BCUT2D eigenvalue weighted by atomic mass is 10.2. The largest absolute Gasteiger partial charge is 0.366 e. The molecule has 0 saturated carbocycles. The monoisotopic (exact) mass is 135 g/mol. The maximum atomic E-state index is 10.5. The third kappa shape index (κ3) is 0.845. The molecule has 0 radical (unpaired) electrons. The number of H-pyrrole nitrogens is 1. The van der Waals surface area contributed by atoms with Crippen LogP contribution < -0.4 is 5.73 Å². The fraction of sp³-hybridized carbons (Fsp3) is 0. The number of primary amides is 1. The van der Waals surface area contributed by atoms with Crippen molar-refractivity contribution >= 4 is 5.91 Å². The van der Waals surface area contributed by atoms with Gasteiger partial charge in [-0.15, -0.1) is 0 Å². The Morgan fingerprint density at radius 3 is 2.80 bits per heavy atom. The zero-order valence-electron chi connectivity index (χ0n) is 5.09. The van der Waals surface area contributed by atoms with Crippen LogP contribution in [0.25, 0.3) is 0 Å². The molecule has 0 aromatic carbocycles. The summed E-state index contributed by atoms with van der Waals surface area (Å²) < 4.78 is 0. The van der Waals surface area contributed by atoms with Crippen LogP contribution in [0.5, 0.6) is 0 Å². The van der Waals surface area contributed by atoms with Gasteiger partial charge in [0.25, 0.3) is 5.91 Å². The summed E-state index contributed by atoms with van der Waals surface area (Å²) in [6.07, 6.45) is 2.83. The summed E-state index contributed by atoms with van der Waals surface area (Å²) in [5.74, 6) is -0.585. The molecule has 1 amide bonds. The predicted molar refractivity (Wildman–Crippen MR) is 34.0 cm³/mol. The van der Waals surface area contributed by atoms with Gasteiger partial charge in [0.2, 0.25) is 0 Å². The molecule has 0 aliphatic rings. The summed E-state index contributed by atoms with van der Waals surface area (Å²) in [6.45, 7) is 0. The second-order valence-electron chi connectivity index (χ2n) is 1.76. The zero-order valence-corrected chi connectivity index (χ0v) is 5.09. The lowest BCUT2D eigenvalue weighted by molar-refractivity contribution is 0.100. The average Bonchev–Trinajstić information content (AvgIpc) is 2.33. The van der Waals surface area contributed by atoms with E-state index in [1.165, 1.54) is 12.4 Å². The highest BCUT2D eigenvalue weighted by Gasteiger charge is 2.06. The molecule has 4 nitrogen and oxygen atoms in total. The Morgan fingerprint density at radius 1 is 1.70 bits per heavy atom. The van der Waals surface area contributed by atoms with Gasteiger partial charge in [0.15, 0.2) is 0 Å². The Balaban J connectivity index is 3.17. The molecular formula is C6H5N3O. The van der Waals surface area contributed by atoms with Crippen LogP contribution in [0.4, 0.5) is 0 Å². The number of aromatic amines is 1. The van der Waals surface area contributed by atoms with Crippen LogP contribution in [0, 0.1) is 11.3 Å². The molecule has 0 spiro atoms. The maximum absolute atomic E-state index is 10.5. The van der Waals surface area contributed by atoms with Crippen molar-refractivity contribution in [2.45, 2.75) is 0 Å². The molecule has 4 heteroatoms. The van der Waals surface area contributed by atoms with E-state index in [1.54, 1.807) is 0 Å². The highest BCUT2D eigenvalue weighted by Crippen LogP contribution is 2.03. The molecule has 0 unspecified atom stereocenters. The van der Waals surface area contributed by atoms with Gasteiger partial charge in [0.1, 0.15) is 6.07 Å². The van der Waals surface area contributed by atoms with Gasteiger partial charge in [0, 0.05) is 12.4 Å². The number of hydrogen-bond acceptors (Lipinski definition) is 2. The van der Waals surface area contributed by atoms with Gasteiger partial charge < -0.3 is 10.7 Å². The van der Waals surface area contributed by atoms with Gasteiger partial charge in [-0.05, 0) is 0 Å². The highest BCUT2D eigenvalue weighted by atomic mass is 16.1. The summed E-state index contributed by atoms with van der Waals surface area (Å²) in [5.41, 5.74) is 5.45. The van der Waals surface area contributed by atoms with Crippen LogP contribution in [0.15, 0.2) is 12.4 Å². The van der Waals surface area contributed by atoms with Gasteiger partial charge in [-0.2, -0.15) is 5.26 Å². The first-order chi connectivity index (χ1) is 4.75. The van der Waals surface area contributed by atoms with E-state index in [0.717, 1.165) is 0 Å². The van der Waals surface area contributed by atoms with Crippen LogP contribution in [-0.4, -0.2) is 10.9 Å². The van der Waals surface area contributed by atoms with Gasteiger partial charge >= 0.3 is 0 Å². The predicted octanol–water partition coefficient (Wildman–Crippen LogP) is -0.0147. The van der Waals surface area contributed by atoms with Crippen molar-refractivity contribution in [3.8, 4) is 6.07 Å². The van der Waals surface area contributed by atoms with Crippen LogP contribution >= 0.6 is 0 Å². The molecule has 0 aliphatic heterocycles. The summed E-state index contributed by atoms with van der Waals surface area (Å²) in [7, 11) is 0. The first-order valence-corrected chi connectivity index (χ1v) is 2.62. The van der Waals surface area contributed by atoms with Crippen LogP contribution in [0.1, 0.15) is 15.9 Å². The van der Waals surface area contributed by atoms with Crippen molar-refractivity contribution in [2.75, 3.05) is 0 Å². The van der Waals surface area contributed by atoms with Crippen LogP contribution in [-0.2, 0) is 0 Å². The van der Waals surface area contributed by atoms with Crippen molar-refractivity contribution in [2.24, 2.45) is 5.73 Å². The molecule has 1 rings (SSSR count). The van der Waals surface area contributed by atoms with E-state index in [-0.39, 0.29) is 11.1 Å². The molecule has 1 heterocycles. The quantitative estimate of drug-likeness (QED) is 0.567. The minimum absolute atomic E-state index is 0.238. The molecule has 10 heavy (non-hydrogen) atoms. The number of aromatic nitrogens is 1. The van der Waals surface area contributed by atoms with E-state index >= 15 is 0 Å². The Hall–Kier alpha value is -1.76. The Kier molecular flexibility index (Phi) is 1.42. The molecule has 1 aromatic heterocycles. The standard InChI is InChI=1S/C6H5N3O/c7-1-4-2-9-3-5(4)6(8)10/h2-3,9H,(H2,8,10). The normalized spacial score (nSPS) is 8.70. The smallest absolute Gasteiger partial charge is 0.251 e. The molecule has 3 N–H and O–H groups in total. The summed E-state index contributed by atoms with van der Waals surface area (Å²) >= 11 is 0. The van der Waals surface area contributed by atoms with Crippen LogP contribution in [0.3, 0.4) is 0 Å². The number of amides is 1. The average molecular weight is 135 g/mol. The molecule has 50 valence electrons. The first kappa shape index (κ1) is 6.36. The third-order valence-corrected chi connectivity index (χ3v) is 1.13. The van der Waals surface area contributed by atoms with Crippen molar-refractivity contribution < 1.29 is 4.79 Å². The van der Waals surface area contributed by atoms with Crippen molar-refractivity contribution in [3.05, 3.63) is 23.5 Å². The Morgan fingerprint density at radius 2 is 2.40 bits per heavy atom. The van der Waals surface area contributed by atoms with Crippen molar-refractivity contribution in [1.82, 2.24) is 4.98 Å². The van der Waals surface area contributed by atoms with Crippen molar-refractivity contribution in [3.63, 3.8) is 0 Å². The molecule has 0 bridgehead atoms. The Labute approximate surface area is 57.3 Å². The van der Waals surface area contributed by atoms with Gasteiger partial charge in [-0.3, -0.25) is 4.79 Å². The molecule has 0 fully saturated rings. The molecule has 1 aromatic rings. The summed E-state index contributed by atoms with van der Waals surface area (Å²) in [5, 5.41) is 8.38. The lowest BCUT2D eigenvalue weighted by Gasteiger charge is -1.85. The number of nitrogens with one attached hydrogen (secondary N) is 1. The van der Waals surface area contributed by atoms with Crippen molar-refractivity contribution in [1.29, 1.82) is 5.26 Å². The minimum atomic E-state index is -0.585.